The van der Waals surface area contributed by atoms with Gasteiger partial charge in [0.05, 0.1) is 6.33 Å². The highest BCUT2D eigenvalue weighted by Crippen LogP contribution is 1.89. The fourth-order valence-corrected chi connectivity index (χ4v) is 0.495. The van der Waals surface area contributed by atoms with Gasteiger partial charge in [-0.05, 0) is 0 Å². The molecule has 0 saturated carbocycles. The SMILES string of the molecule is Cn1cnc(=N)cc1N. The number of aromatic nitrogens is 2. The van der Waals surface area contributed by atoms with Crippen molar-refractivity contribution in [1.82, 2.24) is 9.55 Å². The van der Waals surface area contributed by atoms with Crippen LogP contribution in [0.3, 0.4) is 0 Å². The molecule has 0 aliphatic heterocycles. The van der Waals surface area contributed by atoms with Crippen molar-refractivity contribution < 1.29 is 0 Å². The number of rotatable bonds is 0. The predicted molar refractivity (Wildman–Crippen MR) is 33.5 cm³/mol. The van der Waals surface area contributed by atoms with E-state index < -0.39 is 0 Å². The van der Waals surface area contributed by atoms with Crippen molar-refractivity contribution in [2.45, 2.75) is 0 Å². The first kappa shape index (κ1) is 5.81. The van der Waals surface area contributed by atoms with Gasteiger partial charge in [-0.15, -0.1) is 0 Å². The molecule has 0 aliphatic carbocycles. The molecule has 1 aromatic heterocycles. The van der Waals surface area contributed by atoms with E-state index in [0.717, 1.165) is 0 Å². The zero-order valence-electron chi connectivity index (χ0n) is 5.13. The van der Waals surface area contributed by atoms with Crippen LogP contribution in [0.5, 0.6) is 0 Å². The van der Waals surface area contributed by atoms with E-state index >= 15 is 0 Å². The molecule has 9 heavy (non-hydrogen) atoms. The number of hydrogen-bond donors (Lipinski definition) is 2. The van der Waals surface area contributed by atoms with Crippen molar-refractivity contribution in [2.75, 3.05) is 5.73 Å². The predicted octanol–water partition coefficient (Wildman–Crippen LogP) is -0.518. The lowest BCUT2D eigenvalue weighted by atomic mass is 10.6. The summed E-state index contributed by atoms with van der Waals surface area (Å²) in [7, 11) is 1.78. The minimum Gasteiger partial charge on any atom is -0.385 e. The van der Waals surface area contributed by atoms with E-state index in [4.69, 9.17) is 11.1 Å². The maximum atomic E-state index is 7.03. The third-order valence-electron chi connectivity index (χ3n) is 1.06. The summed E-state index contributed by atoms with van der Waals surface area (Å²) < 4.78 is 1.65. The van der Waals surface area contributed by atoms with Crippen molar-refractivity contribution in [3.63, 3.8) is 0 Å². The molecule has 0 bridgehead atoms. The van der Waals surface area contributed by atoms with Gasteiger partial charge in [0.15, 0.2) is 0 Å². The normalized spacial score (nSPS) is 9.44. The van der Waals surface area contributed by atoms with Crippen LogP contribution in [-0.4, -0.2) is 9.55 Å². The molecule has 0 aliphatic rings. The molecule has 0 saturated heterocycles. The Morgan fingerprint density at radius 2 is 2.44 bits per heavy atom. The maximum absolute atomic E-state index is 7.03. The van der Waals surface area contributed by atoms with Crippen LogP contribution in [0, 0.1) is 5.41 Å². The Bertz CT molecular complexity index is 262. The van der Waals surface area contributed by atoms with Crippen LogP contribution < -0.4 is 11.2 Å². The van der Waals surface area contributed by atoms with Gasteiger partial charge >= 0.3 is 0 Å². The second-order valence-electron chi connectivity index (χ2n) is 1.81. The number of hydrogen-bond acceptors (Lipinski definition) is 3. The van der Waals surface area contributed by atoms with Crippen molar-refractivity contribution in [1.29, 1.82) is 5.41 Å². The zero-order chi connectivity index (χ0) is 6.85. The van der Waals surface area contributed by atoms with Gasteiger partial charge in [-0.2, -0.15) is 0 Å². The van der Waals surface area contributed by atoms with E-state index in [1.165, 1.54) is 12.4 Å². The summed E-state index contributed by atoms with van der Waals surface area (Å²) in [6.07, 6.45) is 1.51. The second-order valence-corrected chi connectivity index (χ2v) is 1.81. The summed E-state index contributed by atoms with van der Waals surface area (Å²) in [5.41, 5.74) is 5.62. The average Bonchev–Trinajstić information content (AvgIpc) is 1.80. The summed E-state index contributed by atoms with van der Waals surface area (Å²) >= 11 is 0. The Morgan fingerprint density at radius 1 is 1.78 bits per heavy atom. The quantitative estimate of drug-likeness (QED) is 0.488. The maximum Gasteiger partial charge on any atom is 0.149 e. The number of nitrogens with zero attached hydrogens (tertiary/aromatic N) is 2. The first-order chi connectivity index (χ1) is 4.20. The largest absolute Gasteiger partial charge is 0.385 e. The van der Waals surface area contributed by atoms with E-state index in [1.54, 1.807) is 11.6 Å². The van der Waals surface area contributed by atoms with Crippen molar-refractivity contribution >= 4 is 5.82 Å². The van der Waals surface area contributed by atoms with E-state index in [0.29, 0.717) is 5.82 Å². The highest BCUT2D eigenvalue weighted by Gasteiger charge is 1.86. The zero-order valence-corrected chi connectivity index (χ0v) is 5.13. The van der Waals surface area contributed by atoms with Crippen LogP contribution in [-0.2, 0) is 7.05 Å². The highest BCUT2D eigenvalue weighted by molar-refractivity contribution is 5.24. The molecule has 0 radical (unpaired) electrons. The number of aryl methyl sites for hydroxylation is 1. The third-order valence-corrected chi connectivity index (χ3v) is 1.06. The van der Waals surface area contributed by atoms with Gasteiger partial charge in [0.1, 0.15) is 11.3 Å². The van der Waals surface area contributed by atoms with Gasteiger partial charge in [-0.25, -0.2) is 4.98 Å². The summed E-state index contributed by atoms with van der Waals surface area (Å²) in [6, 6.07) is 1.50. The summed E-state index contributed by atoms with van der Waals surface area (Å²) in [5.74, 6) is 0.551. The lowest BCUT2D eigenvalue weighted by molar-refractivity contribution is 0.853. The molecule has 1 aromatic rings. The Hall–Kier alpha value is -1.32. The average molecular weight is 124 g/mol. The van der Waals surface area contributed by atoms with Crippen molar-refractivity contribution in [3.8, 4) is 0 Å². The van der Waals surface area contributed by atoms with E-state index in [-0.39, 0.29) is 5.49 Å². The summed E-state index contributed by atoms with van der Waals surface area (Å²) in [5, 5.41) is 7.03. The number of anilines is 1. The standard InChI is InChI=1S/C5H8N4/c1-9-3-8-4(6)2-5(9)7/h2-3,6H,7H2,1H3. The number of nitrogen functional groups attached to an aromatic ring is 1. The van der Waals surface area contributed by atoms with E-state index in [1.807, 2.05) is 0 Å². The minimum absolute atomic E-state index is 0.200. The number of nitrogens with two attached hydrogens (primary N) is 1. The van der Waals surface area contributed by atoms with Gasteiger partial charge in [0.2, 0.25) is 0 Å². The van der Waals surface area contributed by atoms with Gasteiger partial charge < -0.3 is 10.3 Å². The van der Waals surface area contributed by atoms with E-state index in [2.05, 4.69) is 4.98 Å². The van der Waals surface area contributed by atoms with Crippen LogP contribution in [0.1, 0.15) is 0 Å². The Kier molecular flexibility index (Phi) is 1.22. The highest BCUT2D eigenvalue weighted by atomic mass is 15.0. The number of nitrogens with one attached hydrogen (secondary N) is 1. The first-order valence-corrected chi connectivity index (χ1v) is 2.53. The molecular formula is C5H8N4. The molecular weight excluding hydrogens is 116 g/mol. The topological polar surface area (TPSA) is 67.7 Å². The third kappa shape index (κ3) is 1.07. The Balaban J connectivity index is 3.34. The fraction of sp³-hybridized carbons (Fsp3) is 0.200. The molecule has 0 unspecified atom stereocenters. The van der Waals surface area contributed by atoms with Gasteiger partial charge in [0, 0.05) is 13.1 Å². The van der Waals surface area contributed by atoms with E-state index in [9.17, 15) is 0 Å². The Morgan fingerprint density at radius 3 is 2.89 bits per heavy atom. The molecule has 0 fully saturated rings. The minimum atomic E-state index is 0.200. The molecule has 0 spiro atoms. The van der Waals surface area contributed by atoms with Gasteiger partial charge in [0.25, 0.3) is 0 Å². The lowest BCUT2D eigenvalue weighted by Gasteiger charge is -1.98. The van der Waals surface area contributed by atoms with Crippen LogP contribution in [0.4, 0.5) is 5.82 Å². The summed E-state index contributed by atoms with van der Waals surface area (Å²) in [6.45, 7) is 0. The smallest absolute Gasteiger partial charge is 0.149 e. The Labute approximate surface area is 52.5 Å². The monoisotopic (exact) mass is 124 g/mol. The molecule has 0 atom stereocenters. The van der Waals surface area contributed by atoms with Crippen molar-refractivity contribution in [3.05, 3.63) is 17.9 Å². The van der Waals surface area contributed by atoms with Crippen LogP contribution in [0.2, 0.25) is 0 Å². The van der Waals surface area contributed by atoms with Gasteiger partial charge in [-0.3, -0.25) is 5.41 Å². The fourth-order valence-electron chi connectivity index (χ4n) is 0.495. The van der Waals surface area contributed by atoms with Crippen LogP contribution in [0.25, 0.3) is 0 Å². The second kappa shape index (κ2) is 1.89. The molecule has 48 valence electrons. The molecule has 4 heteroatoms. The molecule has 3 N–H and O–H groups in total. The van der Waals surface area contributed by atoms with Crippen LogP contribution in [0.15, 0.2) is 12.4 Å². The van der Waals surface area contributed by atoms with Crippen molar-refractivity contribution in [2.24, 2.45) is 7.05 Å². The molecule has 1 heterocycles. The lowest BCUT2D eigenvalue weighted by Crippen LogP contribution is -2.11. The summed E-state index contributed by atoms with van der Waals surface area (Å²) in [4.78, 5) is 3.69. The molecule has 0 amide bonds. The molecule has 1 rings (SSSR count). The molecule has 4 nitrogen and oxygen atoms in total. The van der Waals surface area contributed by atoms with Gasteiger partial charge in [-0.1, -0.05) is 0 Å². The van der Waals surface area contributed by atoms with Crippen LogP contribution >= 0.6 is 0 Å². The first-order valence-electron chi connectivity index (χ1n) is 2.53. The molecule has 0 aromatic carbocycles.